The van der Waals surface area contributed by atoms with Crippen LogP contribution in [0.1, 0.15) is 19.4 Å². The van der Waals surface area contributed by atoms with Gasteiger partial charge in [0.1, 0.15) is 5.60 Å². The highest BCUT2D eigenvalue weighted by Crippen LogP contribution is 2.31. The number of aliphatic imine (C=N–C) groups is 1. The molecular weight excluding hydrogens is 278 g/mol. The second-order valence-electron chi connectivity index (χ2n) is 5.37. The standard InChI is InChI=1S/C14H19NO4S/c1-10-5-7-11(8-6-10)20(16,17)13-12(19-9-15-13)14(2,3)18-4/h5-9,12-13H,1-4H3. The number of rotatable bonds is 4. The Morgan fingerprint density at radius 1 is 1.25 bits per heavy atom. The second-order valence-corrected chi connectivity index (χ2v) is 7.41. The van der Waals surface area contributed by atoms with Gasteiger partial charge in [-0.15, -0.1) is 0 Å². The molecule has 1 aliphatic heterocycles. The molecule has 0 aromatic heterocycles. The fraction of sp³-hybridized carbons (Fsp3) is 0.500. The molecule has 0 saturated carbocycles. The number of methoxy groups -OCH3 is 1. The van der Waals surface area contributed by atoms with Gasteiger partial charge in [0.15, 0.2) is 17.9 Å². The fourth-order valence-electron chi connectivity index (χ4n) is 2.04. The molecule has 6 heteroatoms. The van der Waals surface area contributed by atoms with Gasteiger partial charge in [0, 0.05) is 7.11 Å². The molecule has 0 aliphatic carbocycles. The van der Waals surface area contributed by atoms with Crippen molar-refractivity contribution in [3.63, 3.8) is 0 Å². The molecule has 1 heterocycles. The lowest BCUT2D eigenvalue weighted by atomic mass is 10.0. The van der Waals surface area contributed by atoms with Gasteiger partial charge in [-0.3, -0.25) is 0 Å². The third kappa shape index (κ3) is 2.58. The van der Waals surface area contributed by atoms with Crippen LogP contribution in [0.4, 0.5) is 0 Å². The van der Waals surface area contributed by atoms with Crippen molar-refractivity contribution >= 4 is 16.2 Å². The van der Waals surface area contributed by atoms with Crippen molar-refractivity contribution in [2.45, 2.75) is 42.7 Å². The van der Waals surface area contributed by atoms with Gasteiger partial charge in [-0.25, -0.2) is 13.4 Å². The third-order valence-electron chi connectivity index (χ3n) is 3.55. The molecule has 0 spiro atoms. The van der Waals surface area contributed by atoms with Gasteiger partial charge < -0.3 is 9.47 Å². The van der Waals surface area contributed by atoms with Gasteiger partial charge in [-0.2, -0.15) is 0 Å². The van der Waals surface area contributed by atoms with E-state index in [4.69, 9.17) is 9.47 Å². The van der Waals surface area contributed by atoms with Crippen molar-refractivity contribution < 1.29 is 17.9 Å². The zero-order valence-electron chi connectivity index (χ0n) is 12.0. The van der Waals surface area contributed by atoms with E-state index in [-0.39, 0.29) is 4.90 Å². The second kappa shape index (κ2) is 5.18. The number of benzene rings is 1. The average Bonchev–Trinajstić information content (AvgIpc) is 2.90. The van der Waals surface area contributed by atoms with E-state index in [1.165, 1.54) is 13.5 Å². The number of nitrogens with zero attached hydrogens (tertiary/aromatic N) is 1. The third-order valence-corrected chi connectivity index (χ3v) is 5.49. The van der Waals surface area contributed by atoms with Crippen LogP contribution >= 0.6 is 0 Å². The summed E-state index contributed by atoms with van der Waals surface area (Å²) in [4.78, 5) is 4.23. The average molecular weight is 297 g/mol. The zero-order valence-corrected chi connectivity index (χ0v) is 12.8. The van der Waals surface area contributed by atoms with Gasteiger partial charge in [-0.1, -0.05) is 17.7 Å². The summed E-state index contributed by atoms with van der Waals surface area (Å²) in [6, 6.07) is 6.72. The largest absolute Gasteiger partial charge is 0.474 e. The van der Waals surface area contributed by atoms with Crippen LogP contribution in [-0.2, 0) is 19.3 Å². The van der Waals surface area contributed by atoms with Crippen molar-refractivity contribution in [2.75, 3.05) is 7.11 Å². The highest BCUT2D eigenvalue weighted by molar-refractivity contribution is 7.92. The van der Waals surface area contributed by atoms with Crippen LogP contribution in [0.2, 0.25) is 0 Å². The first-order valence-corrected chi connectivity index (χ1v) is 7.86. The Labute approximate surface area is 119 Å². The van der Waals surface area contributed by atoms with Gasteiger partial charge in [0.2, 0.25) is 9.84 Å². The summed E-state index contributed by atoms with van der Waals surface area (Å²) in [6.07, 6.45) is 0.528. The first-order valence-electron chi connectivity index (χ1n) is 6.32. The highest BCUT2D eigenvalue weighted by atomic mass is 32.2. The Bertz CT molecular complexity index is 605. The van der Waals surface area contributed by atoms with Crippen LogP contribution in [0.15, 0.2) is 34.2 Å². The predicted molar refractivity (Wildman–Crippen MR) is 76.6 cm³/mol. The molecule has 1 aromatic rings. The van der Waals surface area contributed by atoms with Crippen molar-refractivity contribution in [3.05, 3.63) is 29.8 Å². The Hall–Kier alpha value is -1.40. The molecule has 1 aliphatic rings. The van der Waals surface area contributed by atoms with E-state index in [0.29, 0.717) is 0 Å². The topological polar surface area (TPSA) is 65.0 Å². The van der Waals surface area contributed by atoms with Crippen LogP contribution in [-0.4, -0.2) is 39.0 Å². The lowest BCUT2D eigenvalue weighted by Gasteiger charge is -2.31. The summed E-state index contributed by atoms with van der Waals surface area (Å²) < 4.78 is 36.0. The van der Waals surface area contributed by atoms with E-state index < -0.39 is 26.9 Å². The molecule has 20 heavy (non-hydrogen) atoms. The van der Waals surface area contributed by atoms with Gasteiger partial charge in [0.05, 0.1) is 4.90 Å². The van der Waals surface area contributed by atoms with E-state index in [9.17, 15) is 8.42 Å². The number of ether oxygens (including phenoxy) is 2. The highest BCUT2D eigenvalue weighted by Gasteiger charge is 2.47. The molecule has 0 saturated heterocycles. The zero-order chi connectivity index (χ0) is 15.0. The van der Waals surface area contributed by atoms with Crippen LogP contribution in [0, 0.1) is 6.92 Å². The Balaban J connectivity index is 2.38. The number of hydrogen-bond donors (Lipinski definition) is 0. The van der Waals surface area contributed by atoms with Gasteiger partial charge >= 0.3 is 0 Å². The van der Waals surface area contributed by atoms with E-state index in [2.05, 4.69) is 4.99 Å². The van der Waals surface area contributed by atoms with Crippen LogP contribution < -0.4 is 0 Å². The summed E-state index contributed by atoms with van der Waals surface area (Å²) in [5, 5.41) is -0.986. The Morgan fingerprint density at radius 3 is 2.40 bits per heavy atom. The molecular formula is C14H19NO4S. The molecule has 110 valence electrons. The van der Waals surface area contributed by atoms with Crippen molar-refractivity contribution in [3.8, 4) is 0 Å². The fourth-order valence-corrected chi connectivity index (χ4v) is 3.76. The summed E-state index contributed by atoms with van der Waals surface area (Å²) in [6.45, 7) is 5.47. The first kappa shape index (κ1) is 15.0. The molecule has 2 unspecified atom stereocenters. The molecule has 2 atom stereocenters. The Kier molecular flexibility index (Phi) is 3.88. The van der Waals surface area contributed by atoms with E-state index in [0.717, 1.165) is 5.56 Å². The SMILES string of the molecule is COC(C)(C)C1OC=NC1S(=O)(=O)c1ccc(C)cc1. The van der Waals surface area contributed by atoms with E-state index in [1.54, 1.807) is 38.1 Å². The molecule has 0 amide bonds. The number of aryl methyl sites for hydroxylation is 1. The maximum absolute atomic E-state index is 12.7. The number of sulfone groups is 1. The van der Waals surface area contributed by atoms with E-state index >= 15 is 0 Å². The van der Waals surface area contributed by atoms with Crippen molar-refractivity contribution in [1.82, 2.24) is 0 Å². The Morgan fingerprint density at radius 2 is 1.85 bits per heavy atom. The summed E-state index contributed by atoms with van der Waals surface area (Å²) in [5.41, 5.74) is 0.253. The summed E-state index contributed by atoms with van der Waals surface area (Å²) >= 11 is 0. The molecule has 0 N–H and O–H groups in total. The quantitative estimate of drug-likeness (QED) is 0.852. The van der Waals surface area contributed by atoms with Crippen LogP contribution in [0.3, 0.4) is 0 Å². The van der Waals surface area contributed by atoms with Crippen LogP contribution in [0.25, 0.3) is 0 Å². The molecule has 0 bridgehead atoms. The lowest BCUT2D eigenvalue weighted by Crippen LogP contribution is -2.47. The van der Waals surface area contributed by atoms with Gasteiger partial charge in [0.25, 0.3) is 0 Å². The molecule has 1 aromatic carbocycles. The smallest absolute Gasteiger partial charge is 0.205 e. The summed E-state index contributed by atoms with van der Waals surface area (Å²) in [7, 11) is -2.08. The lowest BCUT2D eigenvalue weighted by molar-refractivity contribution is -0.0613. The van der Waals surface area contributed by atoms with Crippen LogP contribution in [0.5, 0.6) is 0 Å². The molecule has 0 fully saturated rings. The maximum atomic E-state index is 12.7. The normalized spacial score (nSPS) is 22.8. The summed E-state index contributed by atoms with van der Waals surface area (Å²) in [5.74, 6) is 0. The molecule has 0 radical (unpaired) electrons. The molecule has 5 nitrogen and oxygen atoms in total. The minimum atomic E-state index is -3.60. The molecule has 2 rings (SSSR count). The minimum Gasteiger partial charge on any atom is -0.474 e. The predicted octanol–water partition coefficient (Wildman–Crippen LogP) is 1.95. The maximum Gasteiger partial charge on any atom is 0.205 e. The van der Waals surface area contributed by atoms with E-state index in [1.807, 2.05) is 6.92 Å². The first-order chi connectivity index (χ1) is 9.29. The number of hydrogen-bond acceptors (Lipinski definition) is 5. The minimum absolute atomic E-state index is 0.243. The van der Waals surface area contributed by atoms with Crippen molar-refractivity contribution in [1.29, 1.82) is 0 Å². The van der Waals surface area contributed by atoms with Gasteiger partial charge in [-0.05, 0) is 32.9 Å². The van der Waals surface area contributed by atoms with Crippen molar-refractivity contribution in [2.24, 2.45) is 4.99 Å². The monoisotopic (exact) mass is 297 g/mol.